The highest BCUT2D eigenvalue weighted by Gasteiger charge is 2.62. The maximum Gasteiger partial charge on any atom is 0.332 e. The van der Waals surface area contributed by atoms with Gasteiger partial charge >= 0.3 is 11.9 Å². The third-order valence-electron chi connectivity index (χ3n) is 8.64. The molecule has 3 aliphatic heterocycles. The fourth-order valence-corrected chi connectivity index (χ4v) is 6.47. The lowest BCUT2D eigenvalue weighted by Gasteiger charge is -2.41. The minimum absolute atomic E-state index is 0.0372. The van der Waals surface area contributed by atoms with E-state index in [0.29, 0.717) is 38.8 Å². The van der Waals surface area contributed by atoms with Gasteiger partial charge in [0.25, 0.3) is 0 Å². The number of nitrogens with zero attached hydrogens (tertiary/aromatic N) is 2. The quantitative estimate of drug-likeness (QED) is 0.200. The zero-order valence-electron chi connectivity index (χ0n) is 24.5. The van der Waals surface area contributed by atoms with Crippen molar-refractivity contribution in [2.24, 2.45) is 11.3 Å². The van der Waals surface area contributed by atoms with Gasteiger partial charge in [-0.15, -0.1) is 0 Å². The first-order chi connectivity index (χ1) is 19.0. The molecule has 0 bridgehead atoms. The zero-order chi connectivity index (χ0) is 29.1. The summed E-state index contributed by atoms with van der Waals surface area (Å²) in [6.45, 7) is 9.24. The van der Waals surface area contributed by atoms with Crippen LogP contribution in [0.1, 0.15) is 91.9 Å². The molecule has 2 N–H and O–H groups in total. The van der Waals surface area contributed by atoms with Crippen LogP contribution in [0.4, 0.5) is 0 Å². The number of carboxylic acid groups (broad SMARTS) is 1. The Bertz CT molecular complexity index is 992. The van der Waals surface area contributed by atoms with Crippen LogP contribution in [0.25, 0.3) is 0 Å². The lowest BCUT2D eigenvalue weighted by Crippen LogP contribution is -2.60. The molecule has 1 aliphatic carbocycles. The second-order valence-electron chi connectivity index (χ2n) is 12.8. The number of allylic oxidation sites excluding steroid dienone is 1. The maximum absolute atomic E-state index is 14.3. The number of amides is 2. The molecule has 2 saturated heterocycles. The van der Waals surface area contributed by atoms with Crippen molar-refractivity contribution in [2.75, 3.05) is 19.7 Å². The Morgan fingerprint density at radius 3 is 2.65 bits per heavy atom. The smallest absolute Gasteiger partial charge is 0.332 e. The molecule has 40 heavy (non-hydrogen) atoms. The van der Waals surface area contributed by atoms with Gasteiger partial charge in [0.2, 0.25) is 11.8 Å². The summed E-state index contributed by atoms with van der Waals surface area (Å²) in [5.74, 6) is -1.71. The van der Waals surface area contributed by atoms with Gasteiger partial charge in [-0.25, -0.2) is 4.79 Å². The number of hydrogen-bond acceptors (Lipinski definition) is 7. The fourth-order valence-electron chi connectivity index (χ4n) is 6.47. The first-order valence-electron chi connectivity index (χ1n) is 15.1. The van der Waals surface area contributed by atoms with Crippen LogP contribution in [-0.2, 0) is 28.7 Å². The van der Waals surface area contributed by atoms with Gasteiger partial charge in [0.15, 0.2) is 0 Å². The topological polar surface area (TPSA) is 129 Å². The predicted molar refractivity (Wildman–Crippen MR) is 148 cm³/mol. The Morgan fingerprint density at radius 2 is 1.95 bits per heavy atom. The molecule has 4 unspecified atom stereocenters. The van der Waals surface area contributed by atoms with Gasteiger partial charge in [-0.1, -0.05) is 39.3 Å². The van der Waals surface area contributed by atoms with Crippen LogP contribution in [-0.4, -0.2) is 88.3 Å². The second kappa shape index (κ2) is 12.6. The number of nitrogens with one attached hydrogen (secondary N) is 1. The lowest BCUT2D eigenvalue weighted by atomic mass is 9.84. The third-order valence-corrected chi connectivity index (χ3v) is 8.64. The van der Waals surface area contributed by atoms with Crippen molar-refractivity contribution in [3.8, 4) is 0 Å². The molecular weight excluding hydrogens is 514 g/mol. The molecule has 3 heterocycles. The first kappa shape index (κ1) is 30.5. The Kier molecular flexibility index (Phi) is 9.60. The van der Waals surface area contributed by atoms with Crippen LogP contribution in [0, 0.1) is 11.3 Å². The van der Waals surface area contributed by atoms with E-state index in [1.165, 1.54) is 0 Å². The molecule has 10 heteroatoms. The van der Waals surface area contributed by atoms with Crippen molar-refractivity contribution >= 4 is 23.8 Å². The summed E-state index contributed by atoms with van der Waals surface area (Å²) in [4.78, 5) is 55.8. The highest BCUT2D eigenvalue weighted by molar-refractivity contribution is 5.96. The van der Waals surface area contributed by atoms with Crippen molar-refractivity contribution in [2.45, 2.75) is 122 Å². The molecule has 4 aliphatic rings. The van der Waals surface area contributed by atoms with Crippen LogP contribution >= 0.6 is 0 Å². The van der Waals surface area contributed by atoms with E-state index in [4.69, 9.17) is 14.6 Å². The number of rotatable bonds is 8. The van der Waals surface area contributed by atoms with Crippen molar-refractivity contribution in [1.82, 2.24) is 15.1 Å². The minimum Gasteiger partial charge on any atom is -0.481 e. The highest BCUT2D eigenvalue weighted by Crippen LogP contribution is 2.46. The van der Waals surface area contributed by atoms with E-state index in [-0.39, 0.29) is 43.1 Å². The number of carboxylic acids is 1. The number of carbonyl (C=O) groups excluding carboxylic acids is 3. The Labute approximate surface area is 237 Å². The van der Waals surface area contributed by atoms with Crippen LogP contribution in [0.3, 0.4) is 0 Å². The van der Waals surface area contributed by atoms with E-state index in [9.17, 15) is 19.2 Å². The van der Waals surface area contributed by atoms with Crippen molar-refractivity contribution in [3.63, 3.8) is 0 Å². The number of carbonyl (C=O) groups is 4. The molecule has 0 spiro atoms. The minimum atomic E-state index is -1.06. The molecule has 2 amide bonds. The van der Waals surface area contributed by atoms with Crippen LogP contribution < -0.4 is 5.32 Å². The molecule has 4 rings (SSSR count). The van der Waals surface area contributed by atoms with Gasteiger partial charge in [-0.05, 0) is 63.7 Å². The number of epoxide rings is 1. The first-order valence-corrected chi connectivity index (χ1v) is 15.1. The van der Waals surface area contributed by atoms with Crippen molar-refractivity contribution < 1.29 is 33.8 Å². The second-order valence-corrected chi connectivity index (χ2v) is 12.8. The standard InChI is InChI=1S/C30H47N3O7/c1-5-39-28(38)30-19-20(30)13-8-6-9-15-22-27(40-22)33(17-11-7-10-16-23(34)35)24(29(2,3)4)26(37)32-18-12-14-21(32)25(36)31-30/h8,13,20-22,24,27H,5-7,9-12,14-19H2,1-4H3,(H,31,36)(H,34,35)/b13-8-/t20?,21-,22?,24+,27?,30?/m0/s1. The number of ether oxygens (including phenoxy) is 2. The average molecular weight is 562 g/mol. The molecule has 6 atom stereocenters. The average Bonchev–Trinajstić information content (AvgIpc) is 3.74. The summed E-state index contributed by atoms with van der Waals surface area (Å²) >= 11 is 0. The van der Waals surface area contributed by atoms with E-state index in [0.717, 1.165) is 32.1 Å². The normalized spacial score (nSPS) is 33.8. The molecule has 10 nitrogen and oxygen atoms in total. The van der Waals surface area contributed by atoms with Gasteiger partial charge in [-0.3, -0.25) is 19.3 Å². The van der Waals surface area contributed by atoms with Crippen LogP contribution in [0.15, 0.2) is 12.2 Å². The lowest BCUT2D eigenvalue weighted by molar-refractivity contribution is -0.151. The van der Waals surface area contributed by atoms with Crippen LogP contribution in [0.2, 0.25) is 0 Å². The largest absolute Gasteiger partial charge is 0.481 e. The molecular formula is C30H47N3O7. The molecule has 224 valence electrons. The number of fused-ring (bicyclic) bond motifs is 3. The summed E-state index contributed by atoms with van der Waals surface area (Å²) in [5.41, 5.74) is -1.49. The molecule has 0 radical (unpaired) electrons. The molecule has 0 aromatic carbocycles. The summed E-state index contributed by atoms with van der Waals surface area (Å²) in [6.07, 6.45) is 10.6. The van der Waals surface area contributed by atoms with E-state index < -0.39 is 35.0 Å². The fraction of sp³-hybridized carbons (Fsp3) is 0.800. The number of hydrogen-bond donors (Lipinski definition) is 2. The zero-order valence-corrected chi connectivity index (χ0v) is 24.5. The highest BCUT2D eigenvalue weighted by atomic mass is 16.6. The molecule has 0 aromatic heterocycles. The number of aliphatic carboxylic acids is 1. The summed E-state index contributed by atoms with van der Waals surface area (Å²) in [6, 6.07) is -1.15. The Hall–Kier alpha value is -2.46. The van der Waals surface area contributed by atoms with E-state index in [2.05, 4.69) is 16.3 Å². The van der Waals surface area contributed by atoms with Gasteiger partial charge in [0.1, 0.15) is 17.8 Å². The van der Waals surface area contributed by atoms with Crippen molar-refractivity contribution in [3.05, 3.63) is 12.2 Å². The summed E-state index contributed by atoms with van der Waals surface area (Å²) < 4.78 is 11.5. The van der Waals surface area contributed by atoms with Crippen molar-refractivity contribution in [1.29, 1.82) is 0 Å². The van der Waals surface area contributed by atoms with E-state index in [1.807, 2.05) is 26.8 Å². The van der Waals surface area contributed by atoms with E-state index in [1.54, 1.807) is 11.8 Å². The van der Waals surface area contributed by atoms with E-state index >= 15 is 0 Å². The molecule has 0 aromatic rings. The maximum atomic E-state index is 14.3. The summed E-state index contributed by atoms with van der Waals surface area (Å²) in [7, 11) is 0. The van der Waals surface area contributed by atoms with Gasteiger partial charge < -0.3 is 24.8 Å². The third kappa shape index (κ3) is 6.87. The Balaban J connectivity index is 1.60. The molecule has 1 saturated carbocycles. The molecule has 3 fully saturated rings. The Morgan fingerprint density at radius 1 is 1.18 bits per heavy atom. The summed E-state index contributed by atoms with van der Waals surface area (Å²) in [5, 5.41) is 12.0. The van der Waals surface area contributed by atoms with Gasteiger partial charge in [0.05, 0.1) is 18.8 Å². The van der Waals surface area contributed by atoms with Gasteiger partial charge in [-0.2, -0.15) is 0 Å². The van der Waals surface area contributed by atoms with Gasteiger partial charge in [0, 0.05) is 25.4 Å². The van der Waals surface area contributed by atoms with Crippen LogP contribution in [0.5, 0.6) is 0 Å². The number of unbranched alkanes of at least 4 members (excludes halogenated alkanes) is 2. The number of esters is 1. The predicted octanol–water partition coefficient (Wildman–Crippen LogP) is 3.24. The SMILES string of the molecule is CCOC(=O)C12CC1/C=C\CCCC1OC1N(CCCCCC(=O)O)[C@@H](C(C)(C)C)C(=O)N1CCC[C@H]1C(=O)N2. The monoisotopic (exact) mass is 561 g/mol.